The number of fused-ring (bicyclic) bond motifs is 1. The second kappa shape index (κ2) is 8.05. The summed E-state index contributed by atoms with van der Waals surface area (Å²) >= 11 is 0. The first-order valence-electron chi connectivity index (χ1n) is 10.2. The molecule has 1 heterocycles. The summed E-state index contributed by atoms with van der Waals surface area (Å²) in [5.41, 5.74) is 3.50. The second-order valence-electron chi connectivity index (χ2n) is 7.86. The van der Waals surface area contributed by atoms with Gasteiger partial charge in [-0.15, -0.1) is 0 Å². The number of carbonyl (C=O) groups excluding carboxylic acids is 2. The Bertz CT molecular complexity index is 874. The van der Waals surface area contributed by atoms with Gasteiger partial charge < -0.3 is 15.5 Å². The predicted molar refractivity (Wildman–Crippen MR) is 112 cm³/mol. The van der Waals surface area contributed by atoms with Crippen molar-refractivity contribution < 1.29 is 9.59 Å². The Balaban J connectivity index is 1.44. The zero-order chi connectivity index (χ0) is 19.5. The van der Waals surface area contributed by atoms with Crippen LogP contribution in [-0.2, 0) is 11.2 Å². The normalized spacial score (nSPS) is 18.8. The van der Waals surface area contributed by atoms with Gasteiger partial charge in [0.05, 0.1) is 17.8 Å². The molecule has 5 heteroatoms. The SMILES string of the molecule is C[C@@H]1Cc2ccccc2N1CC(=O)Nc1ccccc1C(=O)NC1CCCC1. The second-order valence-corrected chi connectivity index (χ2v) is 7.86. The van der Waals surface area contributed by atoms with Crippen LogP contribution in [0.15, 0.2) is 48.5 Å². The predicted octanol–water partition coefficient (Wildman–Crippen LogP) is 3.75. The van der Waals surface area contributed by atoms with Crippen molar-refractivity contribution in [1.82, 2.24) is 5.32 Å². The molecule has 28 heavy (non-hydrogen) atoms. The van der Waals surface area contributed by atoms with E-state index >= 15 is 0 Å². The Kier molecular flexibility index (Phi) is 5.33. The third kappa shape index (κ3) is 3.88. The summed E-state index contributed by atoms with van der Waals surface area (Å²) in [5, 5.41) is 6.05. The molecule has 0 saturated heterocycles. The van der Waals surface area contributed by atoms with E-state index < -0.39 is 0 Å². The van der Waals surface area contributed by atoms with Crippen molar-refractivity contribution >= 4 is 23.2 Å². The number of anilines is 2. The van der Waals surface area contributed by atoms with Gasteiger partial charge in [0.1, 0.15) is 0 Å². The number of hydrogen-bond donors (Lipinski definition) is 2. The number of rotatable bonds is 5. The summed E-state index contributed by atoms with van der Waals surface area (Å²) in [6, 6.07) is 16.0. The van der Waals surface area contributed by atoms with Crippen LogP contribution in [-0.4, -0.2) is 30.4 Å². The molecular weight excluding hydrogens is 350 g/mol. The highest BCUT2D eigenvalue weighted by atomic mass is 16.2. The largest absolute Gasteiger partial charge is 0.359 e. The average molecular weight is 377 g/mol. The molecule has 2 aromatic rings. The van der Waals surface area contributed by atoms with E-state index in [4.69, 9.17) is 0 Å². The van der Waals surface area contributed by atoms with Gasteiger partial charge >= 0.3 is 0 Å². The quantitative estimate of drug-likeness (QED) is 0.834. The first kappa shape index (κ1) is 18.5. The lowest BCUT2D eigenvalue weighted by molar-refractivity contribution is -0.115. The monoisotopic (exact) mass is 377 g/mol. The van der Waals surface area contributed by atoms with Crippen LogP contribution in [0.1, 0.15) is 48.5 Å². The molecule has 1 aliphatic carbocycles. The molecular formula is C23H27N3O2. The molecule has 0 radical (unpaired) electrons. The van der Waals surface area contributed by atoms with Gasteiger partial charge in [0.25, 0.3) is 5.91 Å². The highest BCUT2D eigenvalue weighted by Crippen LogP contribution is 2.31. The molecule has 1 fully saturated rings. The van der Waals surface area contributed by atoms with Crippen molar-refractivity contribution in [3.8, 4) is 0 Å². The lowest BCUT2D eigenvalue weighted by Gasteiger charge is -2.24. The summed E-state index contributed by atoms with van der Waals surface area (Å²) in [6.45, 7) is 2.41. The minimum Gasteiger partial charge on any atom is -0.359 e. The van der Waals surface area contributed by atoms with Crippen LogP contribution in [0.3, 0.4) is 0 Å². The maximum Gasteiger partial charge on any atom is 0.253 e. The summed E-state index contributed by atoms with van der Waals surface area (Å²) < 4.78 is 0. The van der Waals surface area contributed by atoms with E-state index in [-0.39, 0.29) is 30.4 Å². The van der Waals surface area contributed by atoms with E-state index in [0.717, 1.165) is 24.9 Å². The van der Waals surface area contributed by atoms with Gasteiger partial charge in [-0.1, -0.05) is 43.2 Å². The molecule has 1 atom stereocenters. The molecule has 0 bridgehead atoms. The molecule has 2 N–H and O–H groups in total. The van der Waals surface area contributed by atoms with E-state index in [2.05, 4.69) is 34.6 Å². The Labute approximate surface area is 166 Å². The van der Waals surface area contributed by atoms with E-state index in [1.807, 2.05) is 24.3 Å². The van der Waals surface area contributed by atoms with Crippen molar-refractivity contribution in [3.63, 3.8) is 0 Å². The Morgan fingerprint density at radius 2 is 1.75 bits per heavy atom. The maximum absolute atomic E-state index is 12.8. The Morgan fingerprint density at radius 3 is 2.57 bits per heavy atom. The minimum atomic E-state index is -0.109. The van der Waals surface area contributed by atoms with Crippen LogP contribution < -0.4 is 15.5 Å². The molecule has 1 saturated carbocycles. The van der Waals surface area contributed by atoms with E-state index in [1.54, 1.807) is 12.1 Å². The molecule has 4 rings (SSSR count). The lowest BCUT2D eigenvalue weighted by Crippen LogP contribution is -2.37. The molecule has 1 aliphatic heterocycles. The van der Waals surface area contributed by atoms with E-state index in [9.17, 15) is 9.59 Å². The molecule has 0 spiro atoms. The molecule has 2 amide bonds. The number of benzene rings is 2. The third-order valence-electron chi connectivity index (χ3n) is 5.80. The van der Waals surface area contributed by atoms with Crippen molar-refractivity contribution in [2.45, 2.75) is 51.1 Å². The van der Waals surface area contributed by atoms with Crippen LogP contribution >= 0.6 is 0 Å². The van der Waals surface area contributed by atoms with Gasteiger partial charge in [-0.2, -0.15) is 0 Å². The van der Waals surface area contributed by atoms with Gasteiger partial charge in [-0.25, -0.2) is 0 Å². The van der Waals surface area contributed by atoms with Crippen molar-refractivity contribution in [2.75, 3.05) is 16.8 Å². The van der Waals surface area contributed by atoms with Gasteiger partial charge in [0.15, 0.2) is 0 Å². The fourth-order valence-electron chi connectivity index (χ4n) is 4.34. The molecule has 2 aliphatic rings. The molecule has 0 aromatic heterocycles. The maximum atomic E-state index is 12.8. The first-order valence-corrected chi connectivity index (χ1v) is 10.2. The van der Waals surface area contributed by atoms with Crippen molar-refractivity contribution in [3.05, 3.63) is 59.7 Å². The highest BCUT2D eigenvalue weighted by molar-refractivity contribution is 6.04. The van der Waals surface area contributed by atoms with Gasteiger partial charge in [-0.3, -0.25) is 9.59 Å². The number of carbonyl (C=O) groups is 2. The zero-order valence-electron chi connectivity index (χ0n) is 16.3. The first-order chi connectivity index (χ1) is 13.6. The topological polar surface area (TPSA) is 61.4 Å². The van der Waals surface area contributed by atoms with Crippen LogP contribution in [0.2, 0.25) is 0 Å². The number of para-hydroxylation sites is 2. The standard InChI is InChI=1S/C23H27N3O2/c1-16-14-17-8-2-7-13-21(17)26(16)15-22(27)25-20-12-6-5-11-19(20)23(28)24-18-9-3-4-10-18/h2,5-8,11-13,16,18H,3-4,9-10,14-15H2,1H3,(H,24,28)(H,25,27)/t16-/m1/s1. The fraction of sp³-hybridized carbons (Fsp3) is 0.391. The van der Waals surface area contributed by atoms with E-state index in [1.165, 1.54) is 18.4 Å². The lowest BCUT2D eigenvalue weighted by atomic mass is 10.1. The number of amides is 2. The summed E-state index contributed by atoms with van der Waals surface area (Å²) in [6.07, 6.45) is 5.35. The van der Waals surface area contributed by atoms with Crippen molar-refractivity contribution in [1.29, 1.82) is 0 Å². The summed E-state index contributed by atoms with van der Waals surface area (Å²) in [5.74, 6) is -0.215. The zero-order valence-corrected chi connectivity index (χ0v) is 16.3. The van der Waals surface area contributed by atoms with Gasteiger partial charge in [-0.05, 0) is 49.9 Å². The van der Waals surface area contributed by atoms with Crippen molar-refractivity contribution in [2.24, 2.45) is 0 Å². The van der Waals surface area contributed by atoms with Crippen LogP contribution in [0.25, 0.3) is 0 Å². The average Bonchev–Trinajstić information content (AvgIpc) is 3.30. The summed E-state index contributed by atoms with van der Waals surface area (Å²) in [7, 11) is 0. The summed E-state index contributed by atoms with van der Waals surface area (Å²) in [4.78, 5) is 27.6. The van der Waals surface area contributed by atoms with Crippen LogP contribution in [0.4, 0.5) is 11.4 Å². The number of hydrogen-bond acceptors (Lipinski definition) is 3. The van der Waals surface area contributed by atoms with Gasteiger partial charge in [0, 0.05) is 17.8 Å². The van der Waals surface area contributed by atoms with Crippen LogP contribution in [0.5, 0.6) is 0 Å². The highest BCUT2D eigenvalue weighted by Gasteiger charge is 2.27. The Morgan fingerprint density at radius 1 is 1.04 bits per heavy atom. The Hall–Kier alpha value is -2.82. The third-order valence-corrected chi connectivity index (χ3v) is 5.80. The smallest absolute Gasteiger partial charge is 0.253 e. The molecule has 2 aromatic carbocycles. The van der Waals surface area contributed by atoms with E-state index in [0.29, 0.717) is 11.3 Å². The fourth-order valence-corrected chi connectivity index (χ4v) is 4.34. The number of nitrogens with one attached hydrogen (secondary N) is 2. The van der Waals surface area contributed by atoms with Gasteiger partial charge in [0.2, 0.25) is 5.91 Å². The molecule has 0 unspecified atom stereocenters. The number of nitrogens with zero attached hydrogens (tertiary/aromatic N) is 1. The molecule has 146 valence electrons. The van der Waals surface area contributed by atoms with Crippen LogP contribution in [0, 0.1) is 0 Å². The molecule has 5 nitrogen and oxygen atoms in total. The minimum absolute atomic E-state index is 0.107.